The van der Waals surface area contributed by atoms with Gasteiger partial charge in [-0.25, -0.2) is 8.42 Å². The number of nitrogens with zero attached hydrogens (tertiary/aromatic N) is 1. The van der Waals surface area contributed by atoms with Gasteiger partial charge in [0.25, 0.3) is 5.91 Å². The van der Waals surface area contributed by atoms with E-state index in [2.05, 4.69) is 0 Å². The highest BCUT2D eigenvalue weighted by Crippen LogP contribution is 2.45. The van der Waals surface area contributed by atoms with Gasteiger partial charge in [0.2, 0.25) is 9.84 Å². The maximum atomic E-state index is 13.6. The monoisotopic (exact) mass is 503 g/mol. The van der Waals surface area contributed by atoms with Gasteiger partial charge in [0.1, 0.15) is 16.7 Å². The van der Waals surface area contributed by atoms with Crippen molar-refractivity contribution in [2.75, 3.05) is 11.5 Å². The summed E-state index contributed by atoms with van der Waals surface area (Å²) in [6, 6.07) is 17.6. The minimum absolute atomic E-state index is 0.0971. The fraction of sp³-hybridized carbons (Fsp3) is 0.125. The van der Waals surface area contributed by atoms with Gasteiger partial charge in [-0.15, -0.1) is 0 Å². The average Bonchev–Trinajstić information content (AvgIpc) is 3.06. The van der Waals surface area contributed by atoms with Crippen molar-refractivity contribution in [2.45, 2.75) is 17.9 Å². The van der Waals surface area contributed by atoms with Gasteiger partial charge >= 0.3 is 0 Å². The molecule has 33 heavy (non-hydrogen) atoms. The third kappa shape index (κ3) is 4.31. The van der Waals surface area contributed by atoms with Crippen molar-refractivity contribution in [1.82, 2.24) is 0 Å². The number of anilines is 1. The number of hydrogen-bond acceptors (Lipinski definition) is 5. The van der Waals surface area contributed by atoms with Gasteiger partial charge in [0.15, 0.2) is 5.76 Å². The van der Waals surface area contributed by atoms with Gasteiger partial charge in [-0.05, 0) is 67.1 Å². The molecule has 1 amide bonds. The van der Waals surface area contributed by atoms with Crippen LogP contribution in [0.2, 0.25) is 10.0 Å². The van der Waals surface area contributed by atoms with E-state index in [-0.39, 0.29) is 4.90 Å². The second kappa shape index (κ2) is 9.09. The van der Waals surface area contributed by atoms with Crippen LogP contribution in [0.3, 0.4) is 0 Å². The van der Waals surface area contributed by atoms with Crippen LogP contribution in [0.1, 0.15) is 18.5 Å². The topological polar surface area (TPSA) is 83.9 Å². The van der Waals surface area contributed by atoms with Gasteiger partial charge in [-0.2, -0.15) is 0 Å². The van der Waals surface area contributed by atoms with Crippen LogP contribution in [-0.2, 0) is 14.6 Å². The van der Waals surface area contributed by atoms with E-state index < -0.39 is 32.5 Å². The number of benzene rings is 3. The molecule has 3 aromatic carbocycles. The van der Waals surface area contributed by atoms with Gasteiger partial charge in [-0.3, -0.25) is 9.69 Å². The molecule has 1 atom stereocenters. The molecule has 0 aromatic heterocycles. The first-order chi connectivity index (χ1) is 15.7. The number of aliphatic hydroxyl groups excluding tert-OH is 1. The van der Waals surface area contributed by atoms with Crippen LogP contribution in [0.25, 0.3) is 0 Å². The molecule has 0 spiro atoms. The Kier molecular flexibility index (Phi) is 6.38. The zero-order chi connectivity index (χ0) is 23.8. The van der Waals surface area contributed by atoms with Crippen molar-refractivity contribution in [2.24, 2.45) is 0 Å². The standard InChI is InChI=1S/C24H19Cl2NO5S/c1-2-32-19-8-3-5-15(13-19)21-23(33(30,31)20-11-9-16(25)10-12-20)22(28)24(29)27(21)18-7-4-6-17(26)14-18/h3-14,21,28H,2H2,1H3/t21-/m0/s1. The van der Waals surface area contributed by atoms with Crippen LogP contribution in [0.15, 0.2) is 88.4 Å². The Hall–Kier alpha value is -3.00. The van der Waals surface area contributed by atoms with E-state index in [1.807, 2.05) is 6.92 Å². The lowest BCUT2D eigenvalue weighted by molar-refractivity contribution is -0.117. The number of sulfone groups is 1. The number of halogens is 2. The number of ether oxygens (including phenoxy) is 1. The van der Waals surface area contributed by atoms with E-state index in [4.69, 9.17) is 27.9 Å². The van der Waals surface area contributed by atoms with Crippen LogP contribution >= 0.6 is 23.2 Å². The summed E-state index contributed by atoms with van der Waals surface area (Å²) < 4.78 is 32.9. The van der Waals surface area contributed by atoms with Gasteiger partial charge in [-0.1, -0.05) is 41.4 Å². The third-order valence-corrected chi connectivity index (χ3v) is 7.52. The van der Waals surface area contributed by atoms with Gasteiger partial charge in [0, 0.05) is 15.7 Å². The van der Waals surface area contributed by atoms with Gasteiger partial charge < -0.3 is 9.84 Å². The van der Waals surface area contributed by atoms with E-state index >= 15 is 0 Å². The predicted molar refractivity (Wildman–Crippen MR) is 128 cm³/mol. The predicted octanol–water partition coefficient (Wildman–Crippen LogP) is 5.72. The highest BCUT2D eigenvalue weighted by atomic mass is 35.5. The number of rotatable bonds is 6. The smallest absolute Gasteiger partial charge is 0.295 e. The van der Waals surface area contributed by atoms with Crippen molar-refractivity contribution in [1.29, 1.82) is 0 Å². The largest absolute Gasteiger partial charge is 0.502 e. The molecule has 0 bridgehead atoms. The summed E-state index contributed by atoms with van der Waals surface area (Å²) in [5.41, 5.74) is 0.790. The molecule has 1 aliphatic rings. The molecule has 6 nitrogen and oxygen atoms in total. The summed E-state index contributed by atoms with van der Waals surface area (Å²) in [6.07, 6.45) is 0. The molecule has 1 N–H and O–H groups in total. The Bertz CT molecular complexity index is 1350. The van der Waals surface area contributed by atoms with Crippen LogP contribution in [0, 0.1) is 0 Å². The summed E-state index contributed by atoms with van der Waals surface area (Å²) in [7, 11) is -4.28. The van der Waals surface area contributed by atoms with Crippen LogP contribution < -0.4 is 9.64 Å². The van der Waals surface area contributed by atoms with E-state index in [1.165, 1.54) is 35.2 Å². The zero-order valence-corrected chi connectivity index (χ0v) is 19.7. The van der Waals surface area contributed by atoms with Crippen LogP contribution in [-0.4, -0.2) is 26.0 Å². The molecule has 1 aliphatic heterocycles. The highest BCUT2D eigenvalue weighted by Gasteiger charge is 2.47. The normalized spacial score (nSPS) is 16.4. The molecule has 3 aromatic rings. The molecule has 0 radical (unpaired) electrons. The van der Waals surface area contributed by atoms with Crippen molar-refractivity contribution in [3.63, 3.8) is 0 Å². The first kappa shape index (κ1) is 23.2. The molecular weight excluding hydrogens is 485 g/mol. The Morgan fingerprint density at radius 3 is 2.33 bits per heavy atom. The highest BCUT2D eigenvalue weighted by molar-refractivity contribution is 7.95. The Morgan fingerprint density at radius 1 is 0.970 bits per heavy atom. The van der Waals surface area contributed by atoms with Gasteiger partial charge in [0.05, 0.1) is 11.5 Å². The fourth-order valence-electron chi connectivity index (χ4n) is 3.73. The van der Waals surface area contributed by atoms with E-state index in [1.54, 1.807) is 42.5 Å². The number of hydrogen-bond donors (Lipinski definition) is 1. The summed E-state index contributed by atoms with van der Waals surface area (Å²) in [6.45, 7) is 2.23. The van der Waals surface area contributed by atoms with Crippen LogP contribution in [0.5, 0.6) is 5.75 Å². The molecular formula is C24H19Cl2NO5S. The number of aliphatic hydroxyl groups is 1. The first-order valence-electron chi connectivity index (χ1n) is 9.99. The second-order valence-electron chi connectivity index (χ2n) is 7.23. The summed E-state index contributed by atoms with van der Waals surface area (Å²) in [5, 5.41) is 11.5. The summed E-state index contributed by atoms with van der Waals surface area (Å²) >= 11 is 12.1. The molecule has 0 fully saturated rings. The number of amides is 1. The van der Waals surface area contributed by atoms with Crippen molar-refractivity contribution in [3.8, 4) is 5.75 Å². The van der Waals surface area contributed by atoms with E-state index in [9.17, 15) is 18.3 Å². The maximum Gasteiger partial charge on any atom is 0.295 e. The summed E-state index contributed by atoms with van der Waals surface area (Å²) in [4.78, 5) is 13.9. The van der Waals surface area contributed by atoms with Crippen LogP contribution in [0.4, 0.5) is 5.69 Å². The number of carbonyl (C=O) groups is 1. The molecule has 170 valence electrons. The molecule has 9 heteroatoms. The molecule has 1 heterocycles. The fourth-order valence-corrected chi connectivity index (χ4v) is 5.67. The lowest BCUT2D eigenvalue weighted by Crippen LogP contribution is -2.31. The second-order valence-corrected chi connectivity index (χ2v) is 10.0. The first-order valence-corrected chi connectivity index (χ1v) is 12.2. The quantitative estimate of drug-likeness (QED) is 0.464. The van der Waals surface area contributed by atoms with Crippen molar-refractivity contribution in [3.05, 3.63) is 99.1 Å². The third-order valence-electron chi connectivity index (χ3n) is 5.15. The zero-order valence-electron chi connectivity index (χ0n) is 17.4. The molecule has 0 saturated heterocycles. The lowest BCUT2D eigenvalue weighted by Gasteiger charge is -2.27. The summed E-state index contributed by atoms with van der Waals surface area (Å²) in [5.74, 6) is -1.20. The molecule has 0 unspecified atom stereocenters. The molecule has 0 aliphatic carbocycles. The maximum absolute atomic E-state index is 13.6. The van der Waals surface area contributed by atoms with E-state index in [0.29, 0.717) is 33.7 Å². The minimum Gasteiger partial charge on any atom is -0.502 e. The minimum atomic E-state index is -4.28. The van der Waals surface area contributed by atoms with Crippen molar-refractivity contribution < 1.29 is 23.1 Å². The molecule has 4 rings (SSSR count). The molecule has 0 saturated carbocycles. The Labute approximate surface area is 201 Å². The Morgan fingerprint density at radius 2 is 1.67 bits per heavy atom. The van der Waals surface area contributed by atoms with E-state index in [0.717, 1.165) is 0 Å². The average molecular weight is 504 g/mol. The number of carbonyl (C=O) groups excluding carboxylic acids is 1. The Balaban J connectivity index is 1.94. The SMILES string of the molecule is CCOc1cccc([C@H]2C(S(=O)(=O)c3ccc(Cl)cc3)=C(O)C(=O)N2c2cccc(Cl)c2)c1. The van der Waals surface area contributed by atoms with Crippen molar-refractivity contribution >= 4 is 44.6 Å². The lowest BCUT2D eigenvalue weighted by atomic mass is 10.1.